The van der Waals surface area contributed by atoms with Crippen molar-refractivity contribution in [1.29, 1.82) is 0 Å². The third-order valence-corrected chi connectivity index (χ3v) is 4.45. The smallest absolute Gasteiger partial charge is 0.257 e. The molecule has 0 radical (unpaired) electrons. The highest BCUT2D eigenvalue weighted by Crippen LogP contribution is 2.25. The molecule has 0 atom stereocenters. The molecule has 1 aromatic heterocycles. The molecule has 1 aromatic carbocycles. The third kappa shape index (κ3) is 5.14. The van der Waals surface area contributed by atoms with Gasteiger partial charge in [-0.1, -0.05) is 0 Å². The highest BCUT2D eigenvalue weighted by molar-refractivity contribution is 7.92. The lowest BCUT2D eigenvalue weighted by Crippen LogP contribution is -2.36. The topological polar surface area (TPSA) is 101 Å². The largest absolute Gasteiger partial charge is 0.378 e. The van der Waals surface area contributed by atoms with Crippen LogP contribution in [0.1, 0.15) is 10.4 Å². The van der Waals surface area contributed by atoms with Crippen LogP contribution in [0.4, 0.5) is 21.6 Å². The van der Waals surface area contributed by atoms with Crippen LogP contribution in [0.15, 0.2) is 36.5 Å². The van der Waals surface area contributed by atoms with Crippen LogP contribution in [0, 0.1) is 5.82 Å². The van der Waals surface area contributed by atoms with E-state index < -0.39 is 15.9 Å². The average Bonchev–Trinajstić information content (AvgIpc) is 2.63. The molecule has 3 rings (SSSR count). The first-order valence-electron chi connectivity index (χ1n) is 8.19. The fourth-order valence-electron chi connectivity index (χ4n) is 2.62. The van der Waals surface area contributed by atoms with Gasteiger partial charge in [0.25, 0.3) is 5.91 Å². The van der Waals surface area contributed by atoms with Gasteiger partial charge in [-0.15, -0.1) is 0 Å². The minimum Gasteiger partial charge on any atom is -0.378 e. The normalized spacial score (nSPS) is 14.7. The Morgan fingerprint density at radius 2 is 1.96 bits per heavy atom. The van der Waals surface area contributed by atoms with Gasteiger partial charge < -0.3 is 15.0 Å². The van der Waals surface area contributed by atoms with Gasteiger partial charge in [0.05, 0.1) is 30.7 Å². The van der Waals surface area contributed by atoms with E-state index in [0.29, 0.717) is 37.7 Å². The summed E-state index contributed by atoms with van der Waals surface area (Å²) in [5.74, 6) is -0.689. The minimum absolute atomic E-state index is 0.116. The van der Waals surface area contributed by atoms with Crippen molar-refractivity contribution in [1.82, 2.24) is 4.98 Å². The zero-order valence-electron chi connectivity index (χ0n) is 14.6. The predicted octanol–water partition coefficient (Wildman–Crippen LogP) is 1.68. The van der Waals surface area contributed by atoms with E-state index in [2.05, 4.69) is 15.0 Å². The number of sulfonamides is 1. The maximum absolute atomic E-state index is 14.1. The molecule has 2 N–H and O–H groups in total. The molecule has 0 bridgehead atoms. The number of carbonyl (C=O) groups excluding carboxylic acids is 1. The van der Waals surface area contributed by atoms with Gasteiger partial charge in [-0.2, -0.15) is 0 Å². The number of nitrogens with one attached hydrogen (secondary N) is 2. The molecule has 2 aromatic rings. The molecule has 1 saturated heterocycles. The van der Waals surface area contributed by atoms with Crippen molar-refractivity contribution in [2.45, 2.75) is 0 Å². The summed E-state index contributed by atoms with van der Waals surface area (Å²) in [5, 5.41) is 2.69. The number of ether oxygens (including phenoxy) is 1. The maximum Gasteiger partial charge on any atom is 0.257 e. The number of hydrogen-bond donors (Lipinski definition) is 2. The van der Waals surface area contributed by atoms with Crippen molar-refractivity contribution in [2.75, 3.05) is 47.5 Å². The summed E-state index contributed by atoms with van der Waals surface area (Å²) in [6.45, 7) is 2.20. The molecule has 10 heteroatoms. The lowest BCUT2D eigenvalue weighted by molar-refractivity contribution is 0.102. The van der Waals surface area contributed by atoms with Gasteiger partial charge in [-0.3, -0.25) is 9.52 Å². The summed E-state index contributed by atoms with van der Waals surface area (Å²) in [5.41, 5.74) is 1.09. The van der Waals surface area contributed by atoms with Crippen LogP contribution < -0.4 is 14.9 Å². The lowest BCUT2D eigenvalue weighted by Gasteiger charge is -2.29. The number of amides is 1. The van der Waals surface area contributed by atoms with Crippen molar-refractivity contribution in [3.8, 4) is 0 Å². The number of benzene rings is 1. The van der Waals surface area contributed by atoms with Crippen molar-refractivity contribution >= 4 is 33.1 Å². The van der Waals surface area contributed by atoms with Crippen molar-refractivity contribution in [3.05, 3.63) is 47.9 Å². The van der Waals surface area contributed by atoms with Crippen LogP contribution in [0.2, 0.25) is 0 Å². The van der Waals surface area contributed by atoms with E-state index in [1.54, 1.807) is 6.07 Å². The summed E-state index contributed by atoms with van der Waals surface area (Å²) in [6, 6.07) is 7.19. The third-order valence-electron chi connectivity index (χ3n) is 3.87. The standard InChI is InChI=1S/C17H19FN4O4S/c1-27(24,25)21-16-5-2-12(11-19-16)17(23)20-13-3-4-14(18)15(10-13)22-6-8-26-9-7-22/h2-5,10-11H,6-9H2,1H3,(H,19,21)(H,20,23). The Morgan fingerprint density at radius 1 is 1.22 bits per heavy atom. The van der Waals surface area contributed by atoms with E-state index in [9.17, 15) is 17.6 Å². The molecule has 0 saturated carbocycles. The Balaban J connectivity index is 1.72. The first kappa shape index (κ1) is 19.1. The van der Waals surface area contributed by atoms with Crippen LogP contribution in [0.25, 0.3) is 0 Å². The molecule has 0 spiro atoms. The van der Waals surface area contributed by atoms with Crippen molar-refractivity contribution < 1.29 is 22.3 Å². The van der Waals surface area contributed by atoms with E-state index in [-0.39, 0.29) is 17.2 Å². The zero-order valence-corrected chi connectivity index (χ0v) is 15.4. The number of anilines is 3. The van der Waals surface area contributed by atoms with Crippen LogP contribution in [0.3, 0.4) is 0 Å². The molecular weight excluding hydrogens is 375 g/mol. The van der Waals surface area contributed by atoms with E-state index >= 15 is 0 Å². The molecule has 1 aliphatic rings. The summed E-state index contributed by atoms with van der Waals surface area (Å²) in [7, 11) is -3.44. The van der Waals surface area contributed by atoms with Crippen LogP contribution in [-0.4, -0.2) is 51.9 Å². The van der Waals surface area contributed by atoms with Gasteiger partial charge in [0.1, 0.15) is 11.6 Å². The molecule has 1 aliphatic heterocycles. The van der Waals surface area contributed by atoms with E-state index in [0.717, 1.165) is 6.26 Å². The van der Waals surface area contributed by atoms with Gasteiger partial charge in [-0.25, -0.2) is 17.8 Å². The highest BCUT2D eigenvalue weighted by atomic mass is 32.2. The highest BCUT2D eigenvalue weighted by Gasteiger charge is 2.16. The quantitative estimate of drug-likeness (QED) is 0.800. The Hall–Kier alpha value is -2.72. The van der Waals surface area contributed by atoms with Crippen molar-refractivity contribution in [2.24, 2.45) is 0 Å². The fraction of sp³-hybridized carbons (Fsp3) is 0.294. The number of aromatic nitrogens is 1. The number of rotatable bonds is 5. The zero-order chi connectivity index (χ0) is 19.4. The number of nitrogens with zero attached hydrogens (tertiary/aromatic N) is 2. The average molecular weight is 394 g/mol. The fourth-order valence-corrected chi connectivity index (χ4v) is 3.12. The molecule has 8 nitrogen and oxygen atoms in total. The Morgan fingerprint density at radius 3 is 2.59 bits per heavy atom. The molecule has 2 heterocycles. The lowest BCUT2D eigenvalue weighted by atomic mass is 10.2. The van der Waals surface area contributed by atoms with E-state index in [1.165, 1.54) is 30.5 Å². The van der Waals surface area contributed by atoms with Gasteiger partial charge in [0.2, 0.25) is 10.0 Å². The summed E-state index contributed by atoms with van der Waals surface area (Å²) >= 11 is 0. The first-order valence-corrected chi connectivity index (χ1v) is 10.1. The van der Waals surface area contributed by atoms with Crippen LogP contribution in [0.5, 0.6) is 0 Å². The summed E-state index contributed by atoms with van der Waals surface area (Å²) in [4.78, 5) is 18.1. The minimum atomic E-state index is -3.44. The van der Waals surface area contributed by atoms with Crippen LogP contribution in [-0.2, 0) is 14.8 Å². The van der Waals surface area contributed by atoms with Gasteiger partial charge in [-0.05, 0) is 30.3 Å². The second-order valence-electron chi connectivity index (χ2n) is 6.03. The Bertz CT molecular complexity index is 928. The Kier molecular flexibility index (Phi) is 5.57. The second kappa shape index (κ2) is 7.89. The number of morpholine rings is 1. The summed E-state index contributed by atoms with van der Waals surface area (Å²) < 4.78 is 44.0. The van der Waals surface area contributed by atoms with Crippen LogP contribution >= 0.6 is 0 Å². The maximum atomic E-state index is 14.1. The van der Waals surface area contributed by atoms with Gasteiger partial charge in [0.15, 0.2) is 0 Å². The Labute approximate surface area is 156 Å². The first-order chi connectivity index (χ1) is 12.8. The SMILES string of the molecule is CS(=O)(=O)Nc1ccc(C(=O)Nc2ccc(F)c(N3CCOCC3)c2)cn1. The number of pyridine rings is 1. The predicted molar refractivity (Wildman–Crippen MR) is 100 cm³/mol. The molecule has 27 heavy (non-hydrogen) atoms. The summed E-state index contributed by atoms with van der Waals surface area (Å²) in [6.07, 6.45) is 2.27. The van der Waals surface area contributed by atoms with Crippen molar-refractivity contribution in [3.63, 3.8) is 0 Å². The van der Waals surface area contributed by atoms with E-state index in [4.69, 9.17) is 4.74 Å². The molecular formula is C17H19FN4O4S. The number of hydrogen-bond acceptors (Lipinski definition) is 6. The van der Waals surface area contributed by atoms with E-state index in [1.807, 2.05) is 4.90 Å². The molecule has 0 aliphatic carbocycles. The molecule has 144 valence electrons. The van der Waals surface area contributed by atoms with Gasteiger partial charge >= 0.3 is 0 Å². The molecule has 0 unspecified atom stereocenters. The molecule has 1 amide bonds. The van der Waals surface area contributed by atoms with Gasteiger partial charge in [0, 0.05) is 25.0 Å². The number of halogens is 1. The monoisotopic (exact) mass is 394 g/mol. The number of carbonyl (C=O) groups is 1. The molecule has 1 fully saturated rings. The second-order valence-corrected chi connectivity index (χ2v) is 7.77.